The van der Waals surface area contributed by atoms with E-state index in [0.29, 0.717) is 31.9 Å². The van der Waals surface area contributed by atoms with Gasteiger partial charge in [-0.3, -0.25) is 19.4 Å². The van der Waals surface area contributed by atoms with Crippen LogP contribution in [0.25, 0.3) is 0 Å². The van der Waals surface area contributed by atoms with Gasteiger partial charge in [-0.1, -0.05) is 18.2 Å². The van der Waals surface area contributed by atoms with E-state index in [0.717, 1.165) is 0 Å². The minimum atomic E-state index is -0.470. The molecule has 2 aromatic rings. The lowest BCUT2D eigenvalue weighted by Crippen LogP contribution is -2.53. The number of nitrogens with zero attached hydrogens (tertiary/aromatic N) is 2. The maximum absolute atomic E-state index is 13.7. The summed E-state index contributed by atoms with van der Waals surface area (Å²) in [5, 5.41) is 5.30. The normalized spacial score (nSPS) is 16.2. The maximum atomic E-state index is 13.7. The Labute approximate surface area is 168 Å². The number of rotatable bonds is 6. The number of hydrogen-bond donors (Lipinski definition) is 2. The van der Waals surface area contributed by atoms with Crippen LogP contribution in [-0.4, -0.2) is 60.4 Å². The van der Waals surface area contributed by atoms with Gasteiger partial charge in [-0.25, -0.2) is 8.78 Å². The van der Waals surface area contributed by atoms with E-state index in [9.17, 15) is 18.4 Å². The number of amides is 2. The second-order valence-corrected chi connectivity index (χ2v) is 7.02. The van der Waals surface area contributed by atoms with Gasteiger partial charge in [0, 0.05) is 31.9 Å². The van der Waals surface area contributed by atoms with Gasteiger partial charge in [-0.05, 0) is 37.3 Å². The van der Waals surface area contributed by atoms with Gasteiger partial charge in [-0.2, -0.15) is 0 Å². The molecule has 29 heavy (non-hydrogen) atoms. The molecule has 1 aliphatic rings. The van der Waals surface area contributed by atoms with Crippen LogP contribution in [0.5, 0.6) is 0 Å². The molecule has 0 unspecified atom stereocenters. The average molecular weight is 402 g/mol. The molecule has 0 radical (unpaired) electrons. The predicted molar refractivity (Wildman–Crippen MR) is 108 cm³/mol. The Balaban J connectivity index is 1.45. The summed E-state index contributed by atoms with van der Waals surface area (Å²) in [6, 6.07) is 11.4. The number of hydrogen-bond acceptors (Lipinski definition) is 4. The molecule has 2 amide bonds. The molecule has 6 nitrogen and oxygen atoms in total. The van der Waals surface area contributed by atoms with Gasteiger partial charge in [0.15, 0.2) is 0 Å². The third kappa shape index (κ3) is 5.82. The summed E-state index contributed by atoms with van der Waals surface area (Å²) in [6.07, 6.45) is 0. The highest BCUT2D eigenvalue weighted by atomic mass is 19.1. The minimum absolute atomic E-state index is 0.164. The molecule has 2 aromatic carbocycles. The summed E-state index contributed by atoms with van der Waals surface area (Å²) in [5.41, 5.74) is 0.587. The first-order chi connectivity index (χ1) is 13.9. The molecule has 1 fully saturated rings. The SMILES string of the molecule is C[C@H](C(=O)Nc1ccccc1F)N1CCN(CC(=O)Nc2cccc(F)c2)CC1. The average Bonchev–Trinajstić information content (AvgIpc) is 2.69. The second kappa shape index (κ2) is 9.58. The number of carbonyl (C=O) groups is 2. The van der Waals surface area contributed by atoms with Crippen LogP contribution in [0.1, 0.15) is 6.92 Å². The zero-order valence-electron chi connectivity index (χ0n) is 16.2. The number of benzene rings is 2. The molecular formula is C21H24F2N4O2. The number of halogens is 2. The lowest BCUT2D eigenvalue weighted by atomic mass is 10.2. The summed E-state index contributed by atoms with van der Waals surface area (Å²) in [7, 11) is 0. The summed E-state index contributed by atoms with van der Waals surface area (Å²) in [4.78, 5) is 28.6. The number of anilines is 2. The van der Waals surface area contributed by atoms with Gasteiger partial charge in [0.05, 0.1) is 18.3 Å². The first-order valence-electron chi connectivity index (χ1n) is 9.49. The highest BCUT2D eigenvalue weighted by Crippen LogP contribution is 2.15. The Morgan fingerprint density at radius 2 is 1.72 bits per heavy atom. The Morgan fingerprint density at radius 3 is 2.41 bits per heavy atom. The van der Waals surface area contributed by atoms with Gasteiger partial charge < -0.3 is 10.6 Å². The van der Waals surface area contributed by atoms with E-state index in [2.05, 4.69) is 10.6 Å². The molecular weight excluding hydrogens is 378 g/mol. The van der Waals surface area contributed by atoms with Crippen LogP contribution in [0.4, 0.5) is 20.2 Å². The van der Waals surface area contributed by atoms with E-state index in [-0.39, 0.29) is 24.0 Å². The van der Waals surface area contributed by atoms with E-state index in [4.69, 9.17) is 0 Å². The van der Waals surface area contributed by atoms with E-state index >= 15 is 0 Å². The predicted octanol–water partition coefficient (Wildman–Crippen LogP) is 2.55. The summed E-state index contributed by atoms with van der Waals surface area (Å²) in [5.74, 6) is -1.36. The van der Waals surface area contributed by atoms with Crippen LogP contribution < -0.4 is 10.6 Å². The molecule has 2 N–H and O–H groups in total. The minimum Gasteiger partial charge on any atom is -0.325 e. The smallest absolute Gasteiger partial charge is 0.241 e. The summed E-state index contributed by atoms with van der Waals surface area (Å²) in [6.45, 7) is 4.43. The van der Waals surface area contributed by atoms with Crippen molar-refractivity contribution in [1.29, 1.82) is 0 Å². The van der Waals surface area contributed by atoms with Crippen molar-refractivity contribution in [2.45, 2.75) is 13.0 Å². The standard InChI is InChI=1S/C21H24F2N4O2/c1-15(21(29)25-19-8-3-2-7-18(19)23)27-11-9-26(10-12-27)14-20(28)24-17-6-4-5-16(22)13-17/h2-8,13,15H,9-12,14H2,1H3,(H,24,28)(H,25,29)/t15-/m1/s1. The number of para-hydroxylation sites is 1. The molecule has 1 saturated heterocycles. The quantitative estimate of drug-likeness (QED) is 0.780. The van der Waals surface area contributed by atoms with E-state index in [1.807, 2.05) is 9.80 Å². The van der Waals surface area contributed by atoms with Crippen LogP contribution in [0.15, 0.2) is 48.5 Å². The molecule has 0 spiro atoms. The van der Waals surface area contributed by atoms with Crippen LogP contribution in [0.3, 0.4) is 0 Å². The number of carbonyl (C=O) groups excluding carboxylic acids is 2. The Kier molecular flexibility index (Phi) is 6.90. The zero-order chi connectivity index (χ0) is 20.8. The summed E-state index contributed by atoms with van der Waals surface area (Å²) < 4.78 is 26.9. The van der Waals surface area contributed by atoms with E-state index < -0.39 is 17.7 Å². The molecule has 0 aliphatic carbocycles. The first-order valence-corrected chi connectivity index (χ1v) is 9.49. The fraction of sp³-hybridized carbons (Fsp3) is 0.333. The third-order valence-electron chi connectivity index (χ3n) is 4.94. The van der Waals surface area contributed by atoms with Crippen LogP contribution >= 0.6 is 0 Å². The van der Waals surface area contributed by atoms with Gasteiger partial charge in [-0.15, -0.1) is 0 Å². The molecule has 1 aliphatic heterocycles. The lowest BCUT2D eigenvalue weighted by molar-refractivity contribution is -0.122. The molecule has 0 bridgehead atoms. The molecule has 1 heterocycles. The van der Waals surface area contributed by atoms with Crippen molar-refractivity contribution < 1.29 is 18.4 Å². The van der Waals surface area contributed by atoms with Gasteiger partial charge in [0.2, 0.25) is 11.8 Å². The van der Waals surface area contributed by atoms with Crippen LogP contribution in [-0.2, 0) is 9.59 Å². The molecule has 0 aromatic heterocycles. The Hall–Kier alpha value is -2.84. The lowest BCUT2D eigenvalue weighted by Gasteiger charge is -2.37. The van der Waals surface area contributed by atoms with Crippen LogP contribution in [0.2, 0.25) is 0 Å². The topological polar surface area (TPSA) is 64.7 Å². The Bertz CT molecular complexity index is 869. The van der Waals surface area contributed by atoms with Gasteiger partial charge in [0.25, 0.3) is 0 Å². The van der Waals surface area contributed by atoms with Gasteiger partial charge >= 0.3 is 0 Å². The largest absolute Gasteiger partial charge is 0.325 e. The van der Waals surface area contributed by atoms with Crippen molar-refractivity contribution in [2.24, 2.45) is 0 Å². The fourth-order valence-corrected chi connectivity index (χ4v) is 3.24. The van der Waals surface area contributed by atoms with Crippen molar-refractivity contribution in [2.75, 3.05) is 43.4 Å². The van der Waals surface area contributed by atoms with Crippen molar-refractivity contribution in [3.63, 3.8) is 0 Å². The van der Waals surface area contributed by atoms with Crippen molar-refractivity contribution in [3.8, 4) is 0 Å². The molecule has 8 heteroatoms. The summed E-state index contributed by atoms with van der Waals surface area (Å²) >= 11 is 0. The molecule has 1 atom stereocenters. The highest BCUT2D eigenvalue weighted by Gasteiger charge is 2.26. The van der Waals surface area contributed by atoms with Crippen molar-refractivity contribution in [1.82, 2.24) is 9.80 Å². The first kappa shape index (κ1) is 20.9. The highest BCUT2D eigenvalue weighted by molar-refractivity contribution is 5.94. The van der Waals surface area contributed by atoms with Gasteiger partial charge in [0.1, 0.15) is 11.6 Å². The second-order valence-electron chi connectivity index (χ2n) is 7.02. The van der Waals surface area contributed by atoms with Crippen molar-refractivity contribution >= 4 is 23.2 Å². The zero-order valence-corrected chi connectivity index (χ0v) is 16.2. The third-order valence-corrected chi connectivity index (χ3v) is 4.94. The molecule has 0 saturated carbocycles. The number of piperazine rings is 1. The molecule has 154 valence electrons. The van der Waals surface area contributed by atoms with Crippen LogP contribution in [0, 0.1) is 11.6 Å². The van der Waals surface area contributed by atoms with E-state index in [1.54, 1.807) is 25.1 Å². The molecule has 3 rings (SSSR count). The van der Waals surface area contributed by atoms with Crippen molar-refractivity contribution in [3.05, 3.63) is 60.2 Å². The maximum Gasteiger partial charge on any atom is 0.241 e. The van der Waals surface area contributed by atoms with E-state index in [1.165, 1.54) is 30.3 Å². The Morgan fingerprint density at radius 1 is 1.00 bits per heavy atom. The number of nitrogens with one attached hydrogen (secondary N) is 2. The monoisotopic (exact) mass is 402 g/mol. The fourth-order valence-electron chi connectivity index (χ4n) is 3.24.